The van der Waals surface area contributed by atoms with Gasteiger partial charge in [0.25, 0.3) is 0 Å². The molecular formula is C22H23BrN2O. The summed E-state index contributed by atoms with van der Waals surface area (Å²) < 4.78 is 1.10. The Morgan fingerprint density at radius 1 is 1.12 bits per heavy atom. The highest BCUT2D eigenvalue weighted by molar-refractivity contribution is 9.10. The molecule has 3 nitrogen and oxygen atoms in total. The molecule has 4 heteroatoms. The van der Waals surface area contributed by atoms with Crippen molar-refractivity contribution in [3.63, 3.8) is 0 Å². The van der Waals surface area contributed by atoms with Crippen LogP contribution in [0.5, 0.6) is 0 Å². The second kappa shape index (κ2) is 5.67. The molecule has 1 saturated carbocycles. The highest BCUT2D eigenvalue weighted by atomic mass is 79.9. The number of rotatable bonds is 2. The van der Waals surface area contributed by atoms with Crippen LogP contribution in [0.2, 0.25) is 0 Å². The summed E-state index contributed by atoms with van der Waals surface area (Å²) in [4.78, 5) is 12.7. The third-order valence-corrected chi connectivity index (χ3v) is 7.04. The summed E-state index contributed by atoms with van der Waals surface area (Å²) in [6.07, 6.45) is 3.55. The van der Waals surface area contributed by atoms with Crippen molar-refractivity contribution in [1.82, 2.24) is 5.32 Å². The predicted octanol–water partition coefficient (Wildman–Crippen LogP) is 4.83. The largest absolute Gasteiger partial charge is 0.325 e. The summed E-state index contributed by atoms with van der Waals surface area (Å²) in [5.41, 5.74) is 6.01. The van der Waals surface area contributed by atoms with Crippen molar-refractivity contribution < 1.29 is 4.79 Å². The highest BCUT2D eigenvalue weighted by Crippen LogP contribution is 2.50. The van der Waals surface area contributed by atoms with Gasteiger partial charge in [0.15, 0.2) is 0 Å². The Hall–Kier alpha value is -1.65. The van der Waals surface area contributed by atoms with Gasteiger partial charge in [-0.2, -0.15) is 0 Å². The van der Waals surface area contributed by atoms with Gasteiger partial charge in [0.05, 0.1) is 6.04 Å². The third kappa shape index (κ3) is 2.39. The molecule has 1 aliphatic heterocycles. The standard InChI is InChI=1S/C22H23BrN2O/c1-22(2)18-10-13(23)4-7-16(18)17-8-6-15(11-19(17)22)25-21(26)20-12-3-5-14(9-12)24-20/h4,6-8,10-12,14,20,24H,3,5,9H2,1-2H3,(H,25,26). The fraction of sp³-hybridized carbons (Fsp3) is 0.409. The molecule has 1 amide bonds. The summed E-state index contributed by atoms with van der Waals surface area (Å²) in [6, 6.07) is 13.4. The number of carbonyl (C=O) groups is 1. The number of hydrogen-bond acceptors (Lipinski definition) is 2. The lowest BCUT2D eigenvalue weighted by Gasteiger charge is -2.24. The van der Waals surface area contributed by atoms with Crippen LogP contribution < -0.4 is 10.6 Å². The van der Waals surface area contributed by atoms with Gasteiger partial charge >= 0.3 is 0 Å². The van der Waals surface area contributed by atoms with Crippen molar-refractivity contribution in [2.45, 2.75) is 50.6 Å². The second-order valence-electron chi connectivity index (χ2n) is 8.48. The average molecular weight is 411 g/mol. The van der Waals surface area contributed by atoms with E-state index in [1.165, 1.54) is 35.1 Å². The first-order chi connectivity index (χ1) is 12.4. The fourth-order valence-corrected chi connectivity index (χ4v) is 5.52. The molecule has 2 aliphatic carbocycles. The van der Waals surface area contributed by atoms with Crippen molar-refractivity contribution in [2.24, 2.45) is 5.92 Å². The van der Waals surface area contributed by atoms with E-state index in [9.17, 15) is 4.79 Å². The molecule has 1 saturated heterocycles. The van der Waals surface area contributed by atoms with Crippen molar-refractivity contribution in [3.05, 3.63) is 52.0 Å². The van der Waals surface area contributed by atoms with E-state index >= 15 is 0 Å². The summed E-state index contributed by atoms with van der Waals surface area (Å²) in [5.74, 6) is 0.626. The second-order valence-corrected chi connectivity index (χ2v) is 9.39. The Kier molecular flexibility index (Phi) is 3.60. The van der Waals surface area contributed by atoms with E-state index in [4.69, 9.17) is 0 Å². The quantitative estimate of drug-likeness (QED) is 0.743. The Morgan fingerprint density at radius 3 is 2.54 bits per heavy atom. The number of halogens is 1. The molecule has 2 aromatic rings. The number of fused-ring (bicyclic) bond motifs is 5. The maximum absolute atomic E-state index is 12.7. The van der Waals surface area contributed by atoms with Gasteiger partial charge in [0.1, 0.15) is 0 Å². The lowest BCUT2D eigenvalue weighted by Crippen LogP contribution is -2.44. The Bertz CT molecular complexity index is 920. The normalized spacial score (nSPS) is 27.3. The SMILES string of the molecule is CC1(C)c2cc(Br)ccc2-c2ccc(NC(=O)C3NC4CCC3C4)cc21. The lowest BCUT2D eigenvalue weighted by atomic mass is 9.82. The lowest BCUT2D eigenvalue weighted by molar-refractivity contribution is -0.119. The summed E-state index contributed by atoms with van der Waals surface area (Å²) in [7, 11) is 0. The number of piperidine rings is 1. The minimum atomic E-state index is -0.0696. The van der Waals surface area contributed by atoms with Crippen LogP contribution in [-0.4, -0.2) is 18.0 Å². The van der Waals surface area contributed by atoms with Crippen LogP contribution in [0.1, 0.15) is 44.2 Å². The molecule has 134 valence electrons. The van der Waals surface area contributed by atoms with Gasteiger partial charge in [0, 0.05) is 21.6 Å². The van der Waals surface area contributed by atoms with Gasteiger partial charge in [-0.05, 0) is 71.7 Å². The van der Waals surface area contributed by atoms with Gasteiger partial charge in [-0.3, -0.25) is 4.79 Å². The molecule has 2 aromatic carbocycles. The van der Waals surface area contributed by atoms with Gasteiger partial charge in [-0.25, -0.2) is 0 Å². The first-order valence-corrected chi connectivity index (χ1v) is 10.2. The Balaban J connectivity index is 1.45. The smallest absolute Gasteiger partial charge is 0.241 e. The van der Waals surface area contributed by atoms with Gasteiger partial charge < -0.3 is 10.6 Å². The van der Waals surface area contributed by atoms with E-state index < -0.39 is 0 Å². The monoisotopic (exact) mass is 410 g/mol. The Labute approximate surface area is 162 Å². The third-order valence-electron chi connectivity index (χ3n) is 6.55. The van der Waals surface area contributed by atoms with Gasteiger partial charge in [-0.15, -0.1) is 0 Å². The zero-order valence-corrected chi connectivity index (χ0v) is 16.7. The molecule has 26 heavy (non-hydrogen) atoms. The average Bonchev–Trinajstić information content (AvgIpc) is 3.29. The van der Waals surface area contributed by atoms with Gasteiger partial charge in [-0.1, -0.05) is 41.9 Å². The minimum absolute atomic E-state index is 0.0248. The maximum atomic E-state index is 12.7. The molecule has 3 atom stereocenters. The van der Waals surface area contributed by atoms with Crippen LogP contribution >= 0.6 is 15.9 Å². The number of hydrogen-bond donors (Lipinski definition) is 2. The predicted molar refractivity (Wildman–Crippen MR) is 108 cm³/mol. The van der Waals surface area contributed by atoms with E-state index in [0.29, 0.717) is 12.0 Å². The molecular weight excluding hydrogens is 388 g/mol. The number of anilines is 1. The highest BCUT2D eigenvalue weighted by Gasteiger charge is 2.43. The number of nitrogens with one attached hydrogen (secondary N) is 2. The molecule has 0 radical (unpaired) electrons. The Morgan fingerprint density at radius 2 is 1.85 bits per heavy atom. The molecule has 2 bridgehead atoms. The van der Waals surface area contributed by atoms with Crippen molar-refractivity contribution >= 4 is 27.5 Å². The molecule has 0 spiro atoms. The molecule has 3 aliphatic rings. The number of benzene rings is 2. The number of amides is 1. The van der Waals surface area contributed by atoms with Crippen LogP contribution in [0, 0.1) is 5.92 Å². The fourth-order valence-electron chi connectivity index (χ4n) is 5.16. The van der Waals surface area contributed by atoms with E-state index in [-0.39, 0.29) is 17.4 Å². The zero-order chi connectivity index (χ0) is 18.1. The summed E-state index contributed by atoms with van der Waals surface area (Å²) in [6.45, 7) is 4.51. The summed E-state index contributed by atoms with van der Waals surface area (Å²) >= 11 is 3.60. The van der Waals surface area contributed by atoms with E-state index in [2.05, 4.69) is 70.7 Å². The molecule has 2 fully saturated rings. The van der Waals surface area contributed by atoms with Crippen molar-refractivity contribution in [2.75, 3.05) is 5.32 Å². The molecule has 5 rings (SSSR count). The van der Waals surface area contributed by atoms with Crippen LogP contribution in [0.4, 0.5) is 5.69 Å². The van der Waals surface area contributed by atoms with E-state index in [1.54, 1.807) is 0 Å². The minimum Gasteiger partial charge on any atom is -0.325 e. The molecule has 1 heterocycles. The van der Waals surface area contributed by atoms with Gasteiger partial charge in [0.2, 0.25) is 5.91 Å². The van der Waals surface area contributed by atoms with Crippen LogP contribution in [0.15, 0.2) is 40.9 Å². The first kappa shape index (κ1) is 16.5. The van der Waals surface area contributed by atoms with Crippen molar-refractivity contribution in [3.8, 4) is 11.1 Å². The van der Waals surface area contributed by atoms with Crippen LogP contribution in [-0.2, 0) is 10.2 Å². The first-order valence-electron chi connectivity index (χ1n) is 9.45. The topological polar surface area (TPSA) is 41.1 Å². The summed E-state index contributed by atoms with van der Waals surface area (Å²) in [5, 5.41) is 6.65. The van der Waals surface area contributed by atoms with E-state index in [1.807, 2.05) is 6.07 Å². The van der Waals surface area contributed by atoms with Crippen LogP contribution in [0.25, 0.3) is 11.1 Å². The van der Waals surface area contributed by atoms with Crippen LogP contribution in [0.3, 0.4) is 0 Å². The maximum Gasteiger partial charge on any atom is 0.241 e. The van der Waals surface area contributed by atoms with Crippen molar-refractivity contribution in [1.29, 1.82) is 0 Å². The van der Waals surface area contributed by atoms with E-state index in [0.717, 1.165) is 16.6 Å². The molecule has 3 unspecified atom stereocenters. The molecule has 0 aromatic heterocycles. The zero-order valence-electron chi connectivity index (χ0n) is 15.1. The molecule has 2 N–H and O–H groups in total. The number of carbonyl (C=O) groups excluding carboxylic acids is 1.